The predicted molar refractivity (Wildman–Crippen MR) is 261 cm³/mol. The molecule has 12 nitrogen and oxygen atoms in total. The van der Waals surface area contributed by atoms with E-state index in [0.29, 0.717) is 6.42 Å². The third kappa shape index (κ3) is 17.2. The number of ether oxygens (including phenoxy) is 1. The van der Waals surface area contributed by atoms with Gasteiger partial charge < -0.3 is 36.4 Å². The lowest BCUT2D eigenvalue weighted by molar-refractivity contribution is -0.145. The summed E-state index contributed by atoms with van der Waals surface area (Å²) in [5, 5.41) is 21.2. The summed E-state index contributed by atoms with van der Waals surface area (Å²) in [6.45, 7) is 9.25. The van der Waals surface area contributed by atoms with Crippen LogP contribution < -0.4 is 21.7 Å². The number of carbonyl (C=O) groups is 5. The molecule has 0 aliphatic carbocycles. The summed E-state index contributed by atoms with van der Waals surface area (Å²) in [6, 6.07) is 42.6. The summed E-state index contributed by atoms with van der Waals surface area (Å²) < 4.78 is 5.52. The van der Waals surface area contributed by atoms with E-state index >= 15 is 4.79 Å². The van der Waals surface area contributed by atoms with Crippen molar-refractivity contribution in [2.75, 3.05) is 0 Å². The molecular formula is C55H67N5O7. The maximum atomic E-state index is 15.1. The van der Waals surface area contributed by atoms with E-state index in [4.69, 9.17) is 10.5 Å². The standard InChI is InChI=1S/C55H67N5O7/c1-38(2)31-48(50(56)62)60(37-43-29-19-10-20-30-43)53(65)44(32-39-21-11-6-12-22-39)36-49(61)45(33-40-23-13-7-14-24-40)57-51(63)46(34-41-25-15-8-16-26-41)58-52(64)47(35-42-27-17-9-18-28-42)59-54(66)67-55(3,4)5/h6-30,38,44-49,61H,31-37H2,1-5H3,(H2,56,62)(H,57,63)(H,58,64)(H,59,66). The van der Waals surface area contributed by atoms with Crippen molar-refractivity contribution in [2.24, 2.45) is 17.6 Å². The smallest absolute Gasteiger partial charge is 0.408 e. The molecular weight excluding hydrogens is 843 g/mol. The van der Waals surface area contributed by atoms with Gasteiger partial charge in [0.05, 0.1) is 12.1 Å². The number of rotatable bonds is 23. The van der Waals surface area contributed by atoms with Gasteiger partial charge in [0, 0.05) is 25.3 Å². The summed E-state index contributed by atoms with van der Waals surface area (Å²) in [5.74, 6) is -2.96. The number of primary amides is 1. The van der Waals surface area contributed by atoms with E-state index in [1.165, 1.54) is 0 Å². The van der Waals surface area contributed by atoms with Crippen molar-refractivity contribution in [3.05, 3.63) is 179 Å². The van der Waals surface area contributed by atoms with Crippen molar-refractivity contribution in [3.8, 4) is 0 Å². The van der Waals surface area contributed by atoms with E-state index in [0.717, 1.165) is 27.8 Å². The molecule has 0 saturated carbocycles. The first kappa shape index (κ1) is 51.2. The highest BCUT2D eigenvalue weighted by atomic mass is 16.6. The largest absolute Gasteiger partial charge is 0.444 e. The number of alkyl carbamates (subject to hydrolysis) is 1. The van der Waals surface area contributed by atoms with Crippen LogP contribution in [-0.4, -0.2) is 75.6 Å². The topological polar surface area (TPSA) is 180 Å². The Balaban J connectivity index is 1.49. The number of aliphatic hydroxyl groups excluding tert-OH is 1. The molecule has 0 aliphatic rings. The summed E-state index contributed by atoms with van der Waals surface area (Å²) >= 11 is 0. The van der Waals surface area contributed by atoms with Crippen molar-refractivity contribution < 1.29 is 33.8 Å². The number of hydrogen-bond donors (Lipinski definition) is 5. The number of nitrogens with zero attached hydrogens (tertiary/aromatic N) is 1. The molecule has 0 fully saturated rings. The van der Waals surface area contributed by atoms with E-state index in [2.05, 4.69) is 16.0 Å². The van der Waals surface area contributed by atoms with Gasteiger partial charge in [0.2, 0.25) is 23.6 Å². The van der Waals surface area contributed by atoms with Gasteiger partial charge in [0.25, 0.3) is 0 Å². The van der Waals surface area contributed by atoms with Gasteiger partial charge in [-0.3, -0.25) is 19.2 Å². The fourth-order valence-corrected chi connectivity index (χ4v) is 8.10. The first-order valence-corrected chi connectivity index (χ1v) is 23.1. The van der Waals surface area contributed by atoms with Gasteiger partial charge in [-0.1, -0.05) is 166 Å². The van der Waals surface area contributed by atoms with Gasteiger partial charge in [-0.25, -0.2) is 4.79 Å². The summed E-state index contributed by atoms with van der Waals surface area (Å²) in [5.41, 5.74) is 9.26. The third-order valence-electron chi connectivity index (χ3n) is 11.4. The number of aliphatic hydroxyl groups is 1. The Morgan fingerprint density at radius 3 is 1.40 bits per heavy atom. The zero-order valence-electron chi connectivity index (χ0n) is 39.3. The molecule has 0 spiro atoms. The summed E-state index contributed by atoms with van der Waals surface area (Å²) in [7, 11) is 0. The van der Waals surface area contributed by atoms with Gasteiger partial charge in [-0.2, -0.15) is 0 Å². The van der Waals surface area contributed by atoms with Crippen LogP contribution in [0.15, 0.2) is 152 Å². The van der Waals surface area contributed by atoms with Gasteiger partial charge in [0.15, 0.2) is 0 Å². The van der Waals surface area contributed by atoms with Gasteiger partial charge in [-0.15, -0.1) is 0 Å². The molecule has 5 aromatic rings. The van der Waals surface area contributed by atoms with E-state index in [1.54, 1.807) is 25.7 Å². The second-order valence-corrected chi connectivity index (χ2v) is 18.6. The van der Waals surface area contributed by atoms with Crippen molar-refractivity contribution in [1.82, 2.24) is 20.9 Å². The number of carbonyl (C=O) groups excluding carboxylic acids is 5. The molecule has 0 heterocycles. The predicted octanol–water partition coefficient (Wildman–Crippen LogP) is 7.12. The van der Waals surface area contributed by atoms with Crippen molar-refractivity contribution in [2.45, 2.75) is 116 Å². The number of nitrogens with one attached hydrogen (secondary N) is 3. The SMILES string of the molecule is CC(C)CC(C(N)=O)N(Cc1ccccc1)C(=O)C(Cc1ccccc1)CC(O)C(Cc1ccccc1)NC(=O)C(Cc1ccccc1)NC(=O)C(Cc1ccccc1)NC(=O)OC(C)(C)C. The van der Waals surface area contributed by atoms with Gasteiger partial charge in [-0.05, 0) is 80.2 Å². The second kappa shape index (κ2) is 25.2. The number of benzene rings is 5. The van der Waals surface area contributed by atoms with Crippen LogP contribution in [0.1, 0.15) is 75.3 Å². The molecule has 5 aromatic carbocycles. The van der Waals surface area contributed by atoms with Crippen LogP contribution in [0.25, 0.3) is 0 Å². The van der Waals surface area contributed by atoms with Crippen LogP contribution >= 0.6 is 0 Å². The zero-order chi connectivity index (χ0) is 48.3. The molecule has 0 bridgehead atoms. The average molecular weight is 910 g/mol. The van der Waals surface area contributed by atoms with Crippen LogP contribution in [0.5, 0.6) is 0 Å². The molecule has 5 amide bonds. The first-order chi connectivity index (χ1) is 32.0. The fraction of sp³-hybridized carbons (Fsp3) is 0.364. The minimum atomic E-state index is -1.29. The molecule has 0 saturated heterocycles. The molecule has 0 radical (unpaired) electrons. The highest BCUT2D eigenvalue weighted by Gasteiger charge is 2.37. The van der Waals surface area contributed by atoms with Crippen molar-refractivity contribution >= 4 is 29.7 Å². The lowest BCUT2D eigenvalue weighted by Crippen LogP contribution is -2.58. The van der Waals surface area contributed by atoms with Crippen molar-refractivity contribution in [3.63, 3.8) is 0 Å². The zero-order valence-corrected chi connectivity index (χ0v) is 39.3. The summed E-state index contributed by atoms with van der Waals surface area (Å²) in [6.07, 6.45) is -1.18. The van der Waals surface area contributed by atoms with Crippen molar-refractivity contribution in [1.29, 1.82) is 0 Å². The highest BCUT2D eigenvalue weighted by Crippen LogP contribution is 2.25. The Bertz CT molecular complexity index is 2310. The molecule has 0 aliphatic heterocycles. The van der Waals surface area contributed by atoms with Crippen LogP contribution in [-0.2, 0) is 56.1 Å². The van der Waals surface area contributed by atoms with Crippen LogP contribution in [0, 0.1) is 11.8 Å². The molecule has 0 aromatic heterocycles. The Morgan fingerprint density at radius 1 is 0.567 bits per heavy atom. The minimum absolute atomic E-state index is 0.0400. The van der Waals surface area contributed by atoms with E-state index in [-0.39, 0.29) is 50.5 Å². The second-order valence-electron chi connectivity index (χ2n) is 18.6. The molecule has 6 atom stereocenters. The Kier molecular flexibility index (Phi) is 19.3. The Morgan fingerprint density at radius 2 is 0.970 bits per heavy atom. The first-order valence-electron chi connectivity index (χ1n) is 23.1. The lowest BCUT2D eigenvalue weighted by Gasteiger charge is -2.35. The third-order valence-corrected chi connectivity index (χ3v) is 11.4. The van der Waals surface area contributed by atoms with E-state index in [9.17, 15) is 24.3 Å². The van der Waals surface area contributed by atoms with Crippen LogP contribution in [0.3, 0.4) is 0 Å². The van der Waals surface area contributed by atoms with Crippen LogP contribution in [0.4, 0.5) is 4.79 Å². The molecule has 5 rings (SSSR count). The maximum absolute atomic E-state index is 15.1. The lowest BCUT2D eigenvalue weighted by atomic mass is 9.87. The molecule has 6 unspecified atom stereocenters. The number of nitrogens with two attached hydrogens (primary N) is 1. The Labute approximate surface area is 395 Å². The molecule has 67 heavy (non-hydrogen) atoms. The maximum Gasteiger partial charge on any atom is 0.408 e. The average Bonchev–Trinajstić information content (AvgIpc) is 3.30. The van der Waals surface area contributed by atoms with Crippen LogP contribution in [0.2, 0.25) is 0 Å². The van der Waals surface area contributed by atoms with Gasteiger partial charge in [0.1, 0.15) is 23.7 Å². The molecule has 12 heteroatoms. The monoisotopic (exact) mass is 910 g/mol. The van der Waals surface area contributed by atoms with Gasteiger partial charge >= 0.3 is 6.09 Å². The normalized spacial score (nSPS) is 14.1. The molecule has 6 N–H and O–H groups in total. The summed E-state index contributed by atoms with van der Waals surface area (Å²) in [4.78, 5) is 72.1. The number of hydrogen-bond acceptors (Lipinski definition) is 7. The minimum Gasteiger partial charge on any atom is -0.444 e. The van der Waals surface area contributed by atoms with E-state index in [1.807, 2.05) is 166 Å². The quantitative estimate of drug-likeness (QED) is 0.0463. The van der Waals surface area contributed by atoms with E-state index < -0.39 is 65.6 Å². The fourth-order valence-electron chi connectivity index (χ4n) is 8.10. The molecule has 354 valence electrons. The highest BCUT2D eigenvalue weighted by molar-refractivity contribution is 5.92. The number of amides is 5. The Hall–Kier alpha value is -6.79.